The van der Waals surface area contributed by atoms with Crippen LogP contribution in [0.2, 0.25) is 0 Å². The summed E-state index contributed by atoms with van der Waals surface area (Å²) in [5.74, 6) is -1.03. The molecule has 0 saturated heterocycles. The number of rotatable bonds is 3. The summed E-state index contributed by atoms with van der Waals surface area (Å²) < 4.78 is 1.90. The molecule has 4 rings (SSSR count). The highest BCUT2D eigenvalue weighted by Crippen LogP contribution is 2.36. The van der Waals surface area contributed by atoms with Crippen molar-refractivity contribution < 1.29 is 9.90 Å². The predicted molar refractivity (Wildman–Crippen MR) is 99.0 cm³/mol. The number of hydrogen-bond acceptors (Lipinski definition) is 6. The van der Waals surface area contributed by atoms with E-state index >= 15 is 0 Å². The molecule has 0 aliphatic carbocycles. The lowest BCUT2D eigenvalue weighted by Gasteiger charge is -2.16. The Balaban J connectivity index is 1.88. The largest absolute Gasteiger partial charge is 0.477 e. The van der Waals surface area contributed by atoms with E-state index in [-0.39, 0.29) is 15.4 Å². The van der Waals surface area contributed by atoms with E-state index in [2.05, 4.69) is 46.1 Å². The summed E-state index contributed by atoms with van der Waals surface area (Å²) in [6.45, 7) is 6.22. The molecule has 0 amide bonds. The van der Waals surface area contributed by atoms with Crippen LogP contribution >= 0.6 is 11.3 Å². The van der Waals surface area contributed by atoms with Crippen LogP contribution in [0.3, 0.4) is 0 Å². The van der Waals surface area contributed by atoms with Gasteiger partial charge in [0.15, 0.2) is 11.3 Å². The van der Waals surface area contributed by atoms with Crippen molar-refractivity contribution in [2.45, 2.75) is 26.2 Å². The molecule has 0 spiro atoms. The van der Waals surface area contributed by atoms with Crippen LogP contribution in [-0.2, 0) is 5.41 Å². The Kier molecular flexibility index (Phi) is 3.62. The zero-order valence-electron chi connectivity index (χ0n) is 14.4. The second-order valence-electron chi connectivity index (χ2n) is 6.86. The van der Waals surface area contributed by atoms with Crippen LogP contribution in [0.15, 0.2) is 40.7 Å². The Morgan fingerprint density at radius 1 is 1.27 bits per heavy atom. The number of H-pyrrole nitrogens is 1. The van der Waals surface area contributed by atoms with Crippen molar-refractivity contribution in [2.24, 2.45) is 10.2 Å². The normalized spacial score (nSPS) is 12.6. The smallest absolute Gasteiger partial charge is 0.347 e. The second-order valence-corrected chi connectivity index (χ2v) is 7.87. The monoisotopic (exact) mass is 368 g/mol. The Bertz CT molecular complexity index is 1160. The van der Waals surface area contributed by atoms with Crippen LogP contribution in [0.4, 0.5) is 10.8 Å². The number of aromatic carboxylic acids is 1. The van der Waals surface area contributed by atoms with E-state index in [0.717, 1.165) is 28.1 Å². The number of benzene rings is 1. The summed E-state index contributed by atoms with van der Waals surface area (Å²) in [7, 11) is 0. The molecule has 26 heavy (non-hydrogen) atoms. The van der Waals surface area contributed by atoms with E-state index in [1.807, 2.05) is 28.8 Å². The standard InChI is InChI=1S/C17H16N6O2S/c1-17(2,3)13-12(20-21-16-18-8-11(26-16)15(24)25)14-19-9-6-4-5-7-10(9)23(14)22-13/h4-8,22H,1-3H3,(H,24,25). The van der Waals surface area contributed by atoms with Crippen LogP contribution in [0.25, 0.3) is 16.7 Å². The van der Waals surface area contributed by atoms with Gasteiger partial charge in [0.05, 0.1) is 22.9 Å². The summed E-state index contributed by atoms with van der Waals surface area (Å²) in [4.78, 5) is 19.8. The first-order valence-electron chi connectivity index (χ1n) is 7.95. The fourth-order valence-electron chi connectivity index (χ4n) is 2.69. The minimum Gasteiger partial charge on any atom is -0.477 e. The molecule has 132 valence electrons. The molecule has 8 nitrogen and oxygen atoms in total. The van der Waals surface area contributed by atoms with Crippen LogP contribution in [0.5, 0.6) is 0 Å². The topological polar surface area (TPSA) is 108 Å². The van der Waals surface area contributed by atoms with Gasteiger partial charge in [0, 0.05) is 5.41 Å². The number of carboxylic acid groups (broad SMARTS) is 1. The molecule has 4 aromatic rings. The van der Waals surface area contributed by atoms with Crippen molar-refractivity contribution in [2.75, 3.05) is 0 Å². The molecule has 0 saturated carbocycles. The average molecular weight is 368 g/mol. The maximum absolute atomic E-state index is 11.0. The van der Waals surface area contributed by atoms with Gasteiger partial charge in [-0.05, 0) is 12.1 Å². The number of thiazole rings is 1. The Morgan fingerprint density at radius 2 is 2.04 bits per heavy atom. The fraction of sp³-hybridized carbons (Fsp3) is 0.235. The lowest BCUT2D eigenvalue weighted by Crippen LogP contribution is -2.12. The van der Waals surface area contributed by atoms with Crippen LogP contribution in [0.1, 0.15) is 36.1 Å². The van der Waals surface area contributed by atoms with Crippen LogP contribution in [0, 0.1) is 0 Å². The van der Waals surface area contributed by atoms with Crippen LogP contribution in [-0.4, -0.2) is 30.7 Å². The average Bonchev–Trinajstić information content (AvgIpc) is 3.26. The van der Waals surface area contributed by atoms with Crippen molar-refractivity contribution in [1.29, 1.82) is 0 Å². The Hall–Kier alpha value is -3.07. The minimum atomic E-state index is -1.03. The zero-order chi connectivity index (χ0) is 18.5. The predicted octanol–water partition coefficient (Wildman–Crippen LogP) is 4.68. The summed E-state index contributed by atoms with van der Waals surface area (Å²) in [5.41, 5.74) is 3.81. The highest BCUT2D eigenvalue weighted by atomic mass is 32.1. The molecule has 1 aromatic carbocycles. The minimum absolute atomic E-state index is 0.126. The first kappa shape index (κ1) is 16.4. The van der Waals surface area contributed by atoms with E-state index in [4.69, 9.17) is 5.11 Å². The molecule has 9 heteroatoms. The van der Waals surface area contributed by atoms with Gasteiger partial charge in [0.2, 0.25) is 5.13 Å². The quantitative estimate of drug-likeness (QED) is 0.512. The lowest BCUT2D eigenvalue weighted by molar-refractivity contribution is 0.0702. The molecule has 2 N–H and O–H groups in total. The van der Waals surface area contributed by atoms with Crippen LogP contribution < -0.4 is 0 Å². The van der Waals surface area contributed by atoms with E-state index in [9.17, 15) is 4.79 Å². The van der Waals surface area contributed by atoms with Gasteiger partial charge in [-0.3, -0.25) is 5.10 Å². The van der Waals surface area contributed by atoms with Gasteiger partial charge in [-0.15, -0.1) is 10.2 Å². The number of aromatic nitrogens is 4. The number of fused-ring (bicyclic) bond motifs is 3. The third-order valence-corrected chi connectivity index (χ3v) is 4.79. The number of nitrogens with zero attached hydrogens (tertiary/aromatic N) is 5. The molecular formula is C17H16N6O2S. The molecule has 0 radical (unpaired) electrons. The maximum Gasteiger partial charge on any atom is 0.347 e. The number of nitrogens with one attached hydrogen (secondary N) is 1. The number of aromatic amines is 1. The highest BCUT2D eigenvalue weighted by molar-refractivity contribution is 7.17. The van der Waals surface area contributed by atoms with Gasteiger partial charge in [-0.1, -0.05) is 44.2 Å². The first-order valence-corrected chi connectivity index (χ1v) is 8.77. The van der Waals surface area contributed by atoms with Gasteiger partial charge in [0.25, 0.3) is 0 Å². The second kappa shape index (κ2) is 5.73. The van der Waals surface area contributed by atoms with Gasteiger partial charge < -0.3 is 5.11 Å². The van der Waals surface area contributed by atoms with E-state index < -0.39 is 5.97 Å². The van der Waals surface area contributed by atoms with Crippen molar-refractivity contribution >= 4 is 44.8 Å². The molecule has 0 aliphatic rings. The third-order valence-electron chi connectivity index (χ3n) is 3.92. The van der Waals surface area contributed by atoms with E-state index in [1.54, 1.807) is 0 Å². The van der Waals surface area contributed by atoms with Gasteiger partial charge in [-0.25, -0.2) is 19.3 Å². The third kappa shape index (κ3) is 2.66. The molecule has 0 fully saturated rings. The van der Waals surface area contributed by atoms with E-state index in [1.165, 1.54) is 6.20 Å². The maximum atomic E-state index is 11.0. The number of para-hydroxylation sites is 2. The van der Waals surface area contributed by atoms with Crippen molar-refractivity contribution in [3.05, 3.63) is 41.0 Å². The van der Waals surface area contributed by atoms with Crippen molar-refractivity contribution in [3.63, 3.8) is 0 Å². The Morgan fingerprint density at radius 3 is 2.73 bits per heavy atom. The van der Waals surface area contributed by atoms with Gasteiger partial charge in [0.1, 0.15) is 4.88 Å². The number of hydrogen-bond donors (Lipinski definition) is 2. The van der Waals surface area contributed by atoms with Crippen molar-refractivity contribution in [3.8, 4) is 0 Å². The molecule has 3 heterocycles. The number of carbonyl (C=O) groups is 1. The van der Waals surface area contributed by atoms with Gasteiger partial charge >= 0.3 is 5.97 Å². The Labute approximate surface area is 152 Å². The lowest BCUT2D eigenvalue weighted by atomic mass is 9.91. The molecule has 0 atom stereocenters. The number of imidazole rings is 1. The number of carboxylic acids is 1. The molecule has 0 bridgehead atoms. The van der Waals surface area contributed by atoms with Gasteiger partial charge in [-0.2, -0.15) is 0 Å². The zero-order valence-corrected chi connectivity index (χ0v) is 15.2. The molecule has 0 unspecified atom stereocenters. The number of azo groups is 1. The summed E-state index contributed by atoms with van der Waals surface area (Å²) in [6.07, 6.45) is 1.28. The van der Waals surface area contributed by atoms with Crippen molar-refractivity contribution in [1.82, 2.24) is 19.6 Å². The molecule has 0 aliphatic heterocycles. The fourth-order valence-corrected chi connectivity index (χ4v) is 3.27. The highest BCUT2D eigenvalue weighted by Gasteiger charge is 2.25. The molecular weight excluding hydrogens is 352 g/mol. The summed E-state index contributed by atoms with van der Waals surface area (Å²) in [5, 5.41) is 21.2. The first-order chi connectivity index (χ1) is 12.3. The summed E-state index contributed by atoms with van der Waals surface area (Å²) >= 11 is 0.978. The molecule has 3 aromatic heterocycles. The van der Waals surface area contributed by atoms with E-state index in [0.29, 0.717) is 11.3 Å². The SMILES string of the molecule is CC(C)(C)c1[nH]n2c(nc3ccccc32)c1N=Nc1ncc(C(=O)O)s1. The summed E-state index contributed by atoms with van der Waals surface area (Å²) in [6, 6.07) is 7.81.